The molecule has 0 radical (unpaired) electrons. The lowest BCUT2D eigenvalue weighted by molar-refractivity contribution is -0.233. The maximum absolute atomic E-state index is 10.5. The van der Waals surface area contributed by atoms with Crippen molar-refractivity contribution in [3.63, 3.8) is 0 Å². The molecule has 0 N–H and O–H groups in total. The van der Waals surface area contributed by atoms with E-state index in [2.05, 4.69) is 9.59 Å². The van der Waals surface area contributed by atoms with E-state index < -0.39 is 16.0 Å². The highest BCUT2D eigenvalue weighted by Gasteiger charge is 2.14. The van der Waals surface area contributed by atoms with E-state index in [1.165, 1.54) is 5.38 Å². The van der Waals surface area contributed by atoms with Crippen LogP contribution in [-0.2, 0) is 0 Å². The minimum Gasteiger partial charge on any atom is -0.498 e. The van der Waals surface area contributed by atoms with Crippen molar-refractivity contribution in [2.45, 2.75) is 0 Å². The molecule has 70 valence electrons. The van der Waals surface area contributed by atoms with Crippen molar-refractivity contribution in [1.29, 1.82) is 0 Å². The lowest BCUT2D eigenvalue weighted by Gasteiger charge is -1.89. The van der Waals surface area contributed by atoms with Gasteiger partial charge in [-0.25, -0.2) is 0 Å². The molecule has 1 unspecified atom stereocenters. The zero-order valence-corrected chi connectivity index (χ0v) is 7.90. The summed E-state index contributed by atoms with van der Waals surface area (Å²) in [6.45, 7) is 0. The standard InChI is InChI=1S/C9H6N2O2S/c12-9(13)14-6-8(10-11-14)7-4-2-1-3-5-7/h1-6H. The molecule has 2 rings (SSSR count). The predicted octanol–water partition coefficient (Wildman–Crippen LogP) is 1.08. The number of aromatic nitrogens is 2. The molecule has 0 amide bonds. The zero-order chi connectivity index (χ0) is 9.97. The predicted molar refractivity (Wildman–Crippen MR) is 50.7 cm³/mol. The second kappa shape index (κ2) is 3.55. The van der Waals surface area contributed by atoms with E-state index in [0.29, 0.717) is 5.69 Å². The first-order valence-corrected chi connectivity index (χ1v) is 5.15. The zero-order valence-electron chi connectivity index (χ0n) is 7.08. The molecule has 0 aliphatic rings. The Labute approximate surface area is 83.0 Å². The number of carboxylic acid groups (broad SMARTS) is 1. The molecule has 1 aromatic carbocycles. The molecular weight excluding hydrogens is 200 g/mol. The van der Waals surface area contributed by atoms with Crippen molar-refractivity contribution >= 4 is 16.0 Å². The van der Waals surface area contributed by atoms with Gasteiger partial charge in [-0.2, -0.15) is 0 Å². The summed E-state index contributed by atoms with van der Waals surface area (Å²) in [5, 5.41) is 14.6. The fraction of sp³-hybridized carbons (Fsp3) is 0. The van der Waals surface area contributed by atoms with Gasteiger partial charge in [-0.1, -0.05) is 35.4 Å². The van der Waals surface area contributed by atoms with Gasteiger partial charge in [0.1, 0.15) is 0 Å². The first-order chi connectivity index (χ1) is 6.77. The van der Waals surface area contributed by atoms with Crippen LogP contribution in [0.1, 0.15) is 0 Å². The normalized spacial score (nSPS) is 11.3. The molecule has 0 aliphatic carbocycles. The quantitative estimate of drug-likeness (QED) is 0.690. The van der Waals surface area contributed by atoms with E-state index in [-0.39, 0.29) is 0 Å². The Morgan fingerprint density at radius 2 is 2.00 bits per heavy atom. The summed E-state index contributed by atoms with van der Waals surface area (Å²) in [5.41, 5.74) is 1.46. The first kappa shape index (κ1) is 8.83. The number of rotatable bonds is 2. The molecule has 0 saturated heterocycles. The number of carbonyl (C=O) groups excluding carboxylic acids is 1. The minimum atomic E-state index is -1.21. The van der Waals surface area contributed by atoms with E-state index in [9.17, 15) is 9.90 Å². The number of benzene rings is 1. The molecule has 0 fully saturated rings. The van der Waals surface area contributed by atoms with Gasteiger partial charge >= 0.3 is 5.30 Å². The van der Waals surface area contributed by atoms with E-state index in [4.69, 9.17) is 0 Å². The maximum atomic E-state index is 10.5. The molecule has 1 heterocycles. The Morgan fingerprint density at radius 3 is 2.57 bits per heavy atom. The number of hydrogen-bond acceptors (Lipinski definition) is 4. The van der Waals surface area contributed by atoms with E-state index in [1.54, 1.807) is 0 Å². The van der Waals surface area contributed by atoms with Crippen molar-refractivity contribution < 1.29 is 9.90 Å². The van der Waals surface area contributed by atoms with Crippen molar-refractivity contribution in [2.75, 3.05) is 0 Å². The van der Waals surface area contributed by atoms with Crippen molar-refractivity contribution in [3.05, 3.63) is 35.7 Å². The van der Waals surface area contributed by atoms with Gasteiger partial charge in [0.15, 0.2) is 21.7 Å². The Kier molecular flexibility index (Phi) is 2.24. The Balaban J connectivity index is 2.39. The van der Waals surface area contributed by atoms with Crippen molar-refractivity contribution in [2.24, 2.45) is 0 Å². The molecule has 5 heteroatoms. The van der Waals surface area contributed by atoms with E-state index in [1.807, 2.05) is 30.3 Å². The molecular formula is C9H6N2O2S. The van der Waals surface area contributed by atoms with Crippen LogP contribution >= 0.6 is 10.7 Å². The smallest absolute Gasteiger partial charge is 0.327 e. The molecule has 14 heavy (non-hydrogen) atoms. The second-order valence-corrected chi connectivity index (χ2v) is 3.98. The van der Waals surface area contributed by atoms with Crippen molar-refractivity contribution in [3.8, 4) is 11.3 Å². The van der Waals surface area contributed by atoms with Gasteiger partial charge in [0, 0.05) is 5.56 Å². The SMILES string of the molecule is O=C([O-])[s+]1cc(-c2ccccc2)nn1. The highest BCUT2D eigenvalue weighted by Crippen LogP contribution is 2.22. The fourth-order valence-electron chi connectivity index (χ4n) is 1.06. The van der Waals surface area contributed by atoms with Gasteiger partial charge in [-0.05, 0) is 0 Å². The summed E-state index contributed by atoms with van der Waals surface area (Å²) in [5.74, 6) is 0. The summed E-state index contributed by atoms with van der Waals surface area (Å²) in [4.78, 5) is 10.5. The van der Waals surface area contributed by atoms with Gasteiger partial charge in [0.25, 0.3) is 0 Å². The van der Waals surface area contributed by atoms with Gasteiger partial charge < -0.3 is 9.90 Å². The lowest BCUT2D eigenvalue weighted by atomic mass is 10.2. The summed E-state index contributed by atoms with van der Waals surface area (Å²) >= 11 is 0. The minimum absolute atomic E-state index is 0.595. The van der Waals surface area contributed by atoms with Crippen LogP contribution in [0.25, 0.3) is 11.3 Å². The van der Waals surface area contributed by atoms with Crippen LogP contribution in [0.3, 0.4) is 0 Å². The topological polar surface area (TPSA) is 65.9 Å². The molecule has 4 nitrogen and oxygen atoms in total. The number of nitrogens with zero attached hydrogens (tertiary/aromatic N) is 2. The molecule has 1 atom stereocenters. The molecule has 0 aliphatic heterocycles. The Bertz CT molecular complexity index is 453. The van der Waals surface area contributed by atoms with E-state index >= 15 is 0 Å². The Morgan fingerprint density at radius 1 is 1.29 bits per heavy atom. The molecule has 1 aromatic heterocycles. The van der Waals surface area contributed by atoms with Crippen LogP contribution in [0.2, 0.25) is 0 Å². The third-order valence-corrected chi connectivity index (χ3v) is 2.75. The Hall–Kier alpha value is -1.75. The molecule has 0 saturated carbocycles. The summed E-state index contributed by atoms with van der Waals surface area (Å²) in [7, 11) is -1.21. The van der Waals surface area contributed by atoms with Crippen LogP contribution in [0.5, 0.6) is 0 Å². The lowest BCUT2D eigenvalue weighted by Crippen LogP contribution is -2.16. The molecule has 0 bridgehead atoms. The van der Waals surface area contributed by atoms with Crippen LogP contribution in [-0.4, -0.2) is 14.9 Å². The molecule has 2 aromatic rings. The fourth-order valence-corrected chi connectivity index (χ4v) is 1.84. The summed E-state index contributed by atoms with van der Waals surface area (Å²) in [6, 6.07) is 9.32. The monoisotopic (exact) mass is 206 g/mol. The van der Waals surface area contributed by atoms with Crippen LogP contribution in [0.4, 0.5) is 4.79 Å². The van der Waals surface area contributed by atoms with Crippen LogP contribution in [0.15, 0.2) is 35.7 Å². The maximum Gasteiger partial charge on any atom is 0.327 e. The third-order valence-electron chi connectivity index (χ3n) is 1.70. The van der Waals surface area contributed by atoms with Gasteiger partial charge in [0.05, 0.1) is 4.49 Å². The average molecular weight is 206 g/mol. The highest BCUT2D eigenvalue weighted by atomic mass is 32.2. The van der Waals surface area contributed by atoms with Gasteiger partial charge in [0.2, 0.25) is 0 Å². The molecule has 0 spiro atoms. The van der Waals surface area contributed by atoms with Gasteiger partial charge in [-0.3, -0.25) is 0 Å². The summed E-state index contributed by atoms with van der Waals surface area (Å²) < 4.78 is 3.59. The van der Waals surface area contributed by atoms with Crippen molar-refractivity contribution in [1.82, 2.24) is 9.59 Å². The largest absolute Gasteiger partial charge is 0.498 e. The van der Waals surface area contributed by atoms with E-state index in [0.717, 1.165) is 5.56 Å². The third kappa shape index (κ3) is 1.62. The number of hydrogen-bond donors (Lipinski definition) is 0. The highest BCUT2D eigenvalue weighted by molar-refractivity contribution is 7.44. The average Bonchev–Trinajstić information content (AvgIpc) is 2.68. The van der Waals surface area contributed by atoms with Crippen LogP contribution in [0, 0.1) is 0 Å². The first-order valence-electron chi connectivity index (χ1n) is 3.90. The van der Waals surface area contributed by atoms with Crippen LogP contribution < -0.4 is 5.11 Å². The number of carbonyl (C=O) groups is 1. The van der Waals surface area contributed by atoms with Gasteiger partial charge in [-0.15, -0.1) is 0 Å². The second-order valence-electron chi connectivity index (χ2n) is 2.62. The summed E-state index contributed by atoms with van der Waals surface area (Å²) in [6.07, 6.45) is 0.